The fourth-order valence-corrected chi connectivity index (χ4v) is 4.70. The molecule has 0 aliphatic carbocycles. The van der Waals surface area contributed by atoms with Crippen molar-refractivity contribution in [3.63, 3.8) is 0 Å². The monoisotopic (exact) mass is 481 g/mol. The lowest BCUT2D eigenvalue weighted by Crippen LogP contribution is -2.62. The molecule has 32 heavy (non-hydrogen) atoms. The van der Waals surface area contributed by atoms with E-state index in [0.29, 0.717) is 25.6 Å². The topological polar surface area (TPSA) is 52.7 Å². The molecule has 170 valence electrons. The summed E-state index contributed by atoms with van der Waals surface area (Å²) in [7, 11) is 0. The first kappa shape index (κ1) is 23.0. The largest absolute Gasteiger partial charge is 0.352 e. The highest BCUT2D eigenvalue weighted by Crippen LogP contribution is 2.25. The quantitative estimate of drug-likeness (QED) is 0.694. The fraction of sp³-hybridized carbons (Fsp3) is 0.391. The summed E-state index contributed by atoms with van der Waals surface area (Å²) in [4.78, 5) is 28.8. The highest BCUT2D eigenvalue weighted by atomic mass is 35.5. The zero-order valence-corrected chi connectivity index (χ0v) is 18.8. The normalized spacial score (nSPS) is 17.8. The third kappa shape index (κ3) is 5.39. The summed E-state index contributed by atoms with van der Waals surface area (Å²) in [5.74, 6) is -1.26. The van der Waals surface area contributed by atoms with Gasteiger partial charge in [0.05, 0.1) is 0 Å². The Morgan fingerprint density at radius 3 is 2.06 bits per heavy atom. The van der Waals surface area contributed by atoms with Crippen LogP contribution in [0.15, 0.2) is 36.4 Å². The van der Waals surface area contributed by atoms with Gasteiger partial charge in [0.2, 0.25) is 0 Å². The van der Waals surface area contributed by atoms with Crippen molar-refractivity contribution in [2.45, 2.75) is 18.9 Å². The number of nitrogens with zero attached hydrogens (tertiary/aromatic N) is 2. The summed E-state index contributed by atoms with van der Waals surface area (Å²) in [6.45, 7) is 3.50. The van der Waals surface area contributed by atoms with Crippen LogP contribution < -0.4 is 5.32 Å². The number of rotatable bonds is 5. The van der Waals surface area contributed by atoms with E-state index in [4.69, 9.17) is 23.2 Å². The Labute approximate surface area is 195 Å². The van der Waals surface area contributed by atoms with Crippen molar-refractivity contribution in [1.82, 2.24) is 15.1 Å². The summed E-state index contributed by atoms with van der Waals surface area (Å²) in [6.07, 6.45) is 1.85. The number of amides is 2. The summed E-state index contributed by atoms with van der Waals surface area (Å²) in [5, 5.41) is 3.27. The van der Waals surface area contributed by atoms with E-state index in [2.05, 4.69) is 10.2 Å². The molecule has 0 atom stereocenters. The van der Waals surface area contributed by atoms with E-state index in [1.54, 1.807) is 4.90 Å². The van der Waals surface area contributed by atoms with Crippen LogP contribution in [0.25, 0.3) is 0 Å². The van der Waals surface area contributed by atoms with Crippen molar-refractivity contribution in [1.29, 1.82) is 0 Å². The van der Waals surface area contributed by atoms with Crippen molar-refractivity contribution in [3.05, 3.63) is 69.2 Å². The first-order chi connectivity index (χ1) is 15.3. The number of hydrogen-bond acceptors (Lipinski definition) is 3. The Balaban J connectivity index is 1.20. The Bertz CT molecular complexity index is 982. The molecule has 9 heteroatoms. The van der Waals surface area contributed by atoms with Gasteiger partial charge in [0.25, 0.3) is 11.8 Å². The molecule has 1 N–H and O–H groups in total. The predicted molar refractivity (Wildman–Crippen MR) is 119 cm³/mol. The van der Waals surface area contributed by atoms with Gasteiger partial charge in [-0.3, -0.25) is 14.5 Å². The molecule has 5 nitrogen and oxygen atoms in total. The highest BCUT2D eigenvalue weighted by molar-refractivity contribution is 6.31. The third-order valence-corrected chi connectivity index (χ3v) is 6.54. The maximum absolute atomic E-state index is 13.5. The number of likely N-dealkylation sites (tertiary alicyclic amines) is 2. The van der Waals surface area contributed by atoms with Crippen LogP contribution in [0.1, 0.15) is 33.6 Å². The summed E-state index contributed by atoms with van der Waals surface area (Å²) < 4.78 is 26.9. The minimum atomic E-state index is -0.538. The second-order valence-electron chi connectivity index (χ2n) is 8.37. The summed E-state index contributed by atoms with van der Waals surface area (Å²) >= 11 is 11.7. The van der Waals surface area contributed by atoms with Crippen LogP contribution in [0, 0.1) is 17.6 Å². The van der Waals surface area contributed by atoms with Gasteiger partial charge in [-0.2, -0.15) is 0 Å². The van der Waals surface area contributed by atoms with Crippen LogP contribution >= 0.6 is 23.2 Å². The number of carbonyl (C=O) groups excluding carboxylic acids is 2. The van der Waals surface area contributed by atoms with E-state index in [1.807, 2.05) is 0 Å². The Morgan fingerprint density at radius 2 is 1.47 bits per heavy atom. The van der Waals surface area contributed by atoms with Crippen molar-refractivity contribution in [2.24, 2.45) is 5.92 Å². The Kier molecular flexibility index (Phi) is 6.98. The molecule has 0 aromatic heterocycles. The Hall–Kier alpha value is -2.22. The molecule has 2 amide bonds. The van der Waals surface area contributed by atoms with Gasteiger partial charge < -0.3 is 10.2 Å². The number of halogens is 4. The number of hydrogen-bond donors (Lipinski definition) is 1. The van der Waals surface area contributed by atoms with Gasteiger partial charge in [0.15, 0.2) is 0 Å². The first-order valence-electron chi connectivity index (χ1n) is 10.5. The third-order valence-electron chi connectivity index (χ3n) is 6.10. The van der Waals surface area contributed by atoms with Crippen LogP contribution in [0.3, 0.4) is 0 Å². The first-order valence-corrected chi connectivity index (χ1v) is 11.3. The lowest BCUT2D eigenvalue weighted by Gasteiger charge is -2.47. The van der Waals surface area contributed by atoms with Crippen LogP contribution in [-0.2, 0) is 0 Å². The van der Waals surface area contributed by atoms with Gasteiger partial charge in [0.1, 0.15) is 11.6 Å². The minimum Gasteiger partial charge on any atom is -0.352 e. The van der Waals surface area contributed by atoms with Gasteiger partial charge in [-0.1, -0.05) is 23.2 Å². The minimum absolute atomic E-state index is 0.192. The molecule has 2 aromatic rings. The summed E-state index contributed by atoms with van der Waals surface area (Å²) in [6, 6.07) is 7.94. The highest BCUT2D eigenvalue weighted by Gasteiger charge is 2.36. The molecule has 0 bridgehead atoms. The van der Waals surface area contributed by atoms with Gasteiger partial charge in [0, 0.05) is 46.8 Å². The summed E-state index contributed by atoms with van der Waals surface area (Å²) in [5.41, 5.74) is 0.480. The van der Waals surface area contributed by atoms with Crippen molar-refractivity contribution in [3.8, 4) is 0 Å². The van der Waals surface area contributed by atoms with Crippen LogP contribution in [0.5, 0.6) is 0 Å². The zero-order chi connectivity index (χ0) is 22.8. The maximum atomic E-state index is 13.5. The van der Waals surface area contributed by atoms with Crippen molar-refractivity contribution in [2.75, 3.05) is 32.7 Å². The molecular weight excluding hydrogens is 459 g/mol. The molecule has 2 aliphatic rings. The number of piperidine rings is 1. The molecule has 2 fully saturated rings. The molecule has 2 aliphatic heterocycles. The maximum Gasteiger partial charge on any atom is 0.254 e. The van der Waals surface area contributed by atoms with E-state index in [1.165, 1.54) is 30.3 Å². The number of carbonyl (C=O) groups is 2. The lowest BCUT2D eigenvalue weighted by molar-refractivity contribution is 0.0146. The zero-order valence-electron chi connectivity index (χ0n) is 17.3. The fourth-order valence-electron chi connectivity index (χ4n) is 4.26. The SMILES string of the molecule is O=C(NCC1CCN(C2CN(C(=O)c3cc(F)cc(Cl)c3)C2)CC1)c1cc(F)cc(Cl)c1. The molecule has 4 rings (SSSR count). The second-order valence-corrected chi connectivity index (χ2v) is 9.24. The van der Waals surface area contributed by atoms with E-state index < -0.39 is 11.6 Å². The van der Waals surface area contributed by atoms with Gasteiger partial charge >= 0.3 is 0 Å². The number of nitrogens with one attached hydrogen (secondary N) is 1. The van der Waals surface area contributed by atoms with Gasteiger partial charge in [-0.15, -0.1) is 0 Å². The van der Waals surface area contributed by atoms with E-state index >= 15 is 0 Å². The van der Waals surface area contributed by atoms with Crippen molar-refractivity contribution >= 4 is 35.0 Å². The molecule has 2 heterocycles. The standard InChI is InChI=1S/C23H23Cl2F2N3O2/c24-17-5-15(7-19(26)9-17)22(31)28-11-14-1-3-29(4-2-14)21-12-30(13-21)23(32)16-6-18(25)10-20(27)8-16/h5-10,14,21H,1-4,11-13H2,(H,28,31). The predicted octanol–water partition coefficient (Wildman–Crippen LogP) is 4.24. The van der Waals surface area contributed by atoms with Gasteiger partial charge in [-0.25, -0.2) is 8.78 Å². The lowest BCUT2D eigenvalue weighted by atomic mass is 9.93. The molecule has 0 radical (unpaired) electrons. The average molecular weight is 482 g/mol. The van der Waals surface area contributed by atoms with Gasteiger partial charge in [-0.05, 0) is 68.2 Å². The molecule has 0 spiro atoms. The Morgan fingerprint density at radius 1 is 0.906 bits per heavy atom. The van der Waals surface area contributed by atoms with E-state index in [0.717, 1.165) is 32.0 Å². The smallest absolute Gasteiger partial charge is 0.254 e. The van der Waals surface area contributed by atoms with Crippen LogP contribution in [0.2, 0.25) is 10.0 Å². The second kappa shape index (κ2) is 9.73. The van der Waals surface area contributed by atoms with Crippen LogP contribution in [0.4, 0.5) is 8.78 Å². The molecule has 2 aromatic carbocycles. The van der Waals surface area contributed by atoms with E-state index in [-0.39, 0.29) is 39.0 Å². The van der Waals surface area contributed by atoms with E-state index in [9.17, 15) is 18.4 Å². The van der Waals surface area contributed by atoms with Crippen LogP contribution in [-0.4, -0.2) is 60.4 Å². The molecule has 2 saturated heterocycles. The average Bonchev–Trinajstić information content (AvgIpc) is 2.70. The molecule has 0 saturated carbocycles. The molecule has 0 unspecified atom stereocenters. The number of benzene rings is 2. The van der Waals surface area contributed by atoms with Crippen molar-refractivity contribution < 1.29 is 18.4 Å². The molecular formula is C23H23Cl2F2N3O2.